The molecule has 0 amide bonds. The molecule has 3 heteroatoms. The van der Waals surface area contributed by atoms with Crippen LogP contribution in [0, 0.1) is 5.92 Å². The van der Waals surface area contributed by atoms with Crippen molar-refractivity contribution in [2.24, 2.45) is 5.92 Å². The molecule has 2 heterocycles. The lowest BCUT2D eigenvalue weighted by Crippen LogP contribution is -2.10. The van der Waals surface area contributed by atoms with E-state index in [9.17, 15) is 0 Å². The van der Waals surface area contributed by atoms with E-state index in [1.54, 1.807) is 0 Å². The SMILES string of the molecule is c1ccc2nc(COCCC3CCNC3)ccc2c1. The molecule has 100 valence electrons. The van der Waals surface area contributed by atoms with E-state index in [4.69, 9.17) is 4.74 Å². The largest absolute Gasteiger partial charge is 0.375 e. The monoisotopic (exact) mass is 256 g/mol. The second-order valence-electron chi connectivity index (χ2n) is 5.20. The molecule has 1 fully saturated rings. The van der Waals surface area contributed by atoms with Crippen LogP contribution in [-0.2, 0) is 11.3 Å². The topological polar surface area (TPSA) is 34.1 Å². The van der Waals surface area contributed by atoms with E-state index >= 15 is 0 Å². The number of aromatic nitrogens is 1. The van der Waals surface area contributed by atoms with Gasteiger partial charge in [0.2, 0.25) is 0 Å². The summed E-state index contributed by atoms with van der Waals surface area (Å²) in [5, 5.41) is 4.57. The normalized spacial score (nSPS) is 19.1. The number of hydrogen-bond donors (Lipinski definition) is 1. The minimum absolute atomic E-state index is 0.616. The van der Waals surface area contributed by atoms with Gasteiger partial charge in [-0.15, -0.1) is 0 Å². The molecular formula is C16H20N2O. The molecule has 1 unspecified atom stereocenters. The molecule has 19 heavy (non-hydrogen) atoms. The maximum Gasteiger partial charge on any atom is 0.0888 e. The third kappa shape index (κ3) is 3.31. The molecule has 3 rings (SSSR count). The van der Waals surface area contributed by atoms with Crippen LogP contribution in [0.2, 0.25) is 0 Å². The van der Waals surface area contributed by atoms with Crippen LogP contribution >= 0.6 is 0 Å². The summed E-state index contributed by atoms with van der Waals surface area (Å²) in [5.41, 5.74) is 2.06. The van der Waals surface area contributed by atoms with Crippen LogP contribution in [-0.4, -0.2) is 24.7 Å². The zero-order valence-corrected chi connectivity index (χ0v) is 11.1. The predicted molar refractivity (Wildman–Crippen MR) is 77.0 cm³/mol. The van der Waals surface area contributed by atoms with Gasteiger partial charge in [0.15, 0.2) is 0 Å². The van der Waals surface area contributed by atoms with Crippen LogP contribution in [0.5, 0.6) is 0 Å². The third-order valence-corrected chi connectivity index (χ3v) is 3.74. The number of nitrogens with zero attached hydrogens (tertiary/aromatic N) is 1. The molecule has 1 atom stereocenters. The lowest BCUT2D eigenvalue weighted by Gasteiger charge is -2.08. The van der Waals surface area contributed by atoms with Gasteiger partial charge in [0.1, 0.15) is 0 Å². The zero-order valence-electron chi connectivity index (χ0n) is 11.1. The van der Waals surface area contributed by atoms with Crippen LogP contribution in [0.4, 0.5) is 0 Å². The quantitative estimate of drug-likeness (QED) is 0.835. The Hall–Kier alpha value is -1.45. The van der Waals surface area contributed by atoms with Crippen LogP contribution in [0.3, 0.4) is 0 Å². The average Bonchev–Trinajstić information content (AvgIpc) is 2.97. The summed E-state index contributed by atoms with van der Waals surface area (Å²) in [4.78, 5) is 4.61. The standard InChI is InChI=1S/C16H20N2O/c1-2-4-16-14(3-1)5-6-15(18-16)12-19-10-8-13-7-9-17-11-13/h1-6,13,17H,7-12H2. The maximum absolute atomic E-state index is 5.74. The first-order valence-corrected chi connectivity index (χ1v) is 7.05. The van der Waals surface area contributed by atoms with Crippen LogP contribution < -0.4 is 5.32 Å². The summed E-state index contributed by atoms with van der Waals surface area (Å²) in [5.74, 6) is 0.796. The first-order chi connectivity index (χ1) is 9.42. The van der Waals surface area contributed by atoms with Crippen LogP contribution in [0.25, 0.3) is 10.9 Å². The lowest BCUT2D eigenvalue weighted by molar-refractivity contribution is 0.107. The smallest absolute Gasteiger partial charge is 0.0888 e. The van der Waals surface area contributed by atoms with Gasteiger partial charge in [0, 0.05) is 12.0 Å². The van der Waals surface area contributed by atoms with Gasteiger partial charge in [0.25, 0.3) is 0 Å². The summed E-state index contributed by atoms with van der Waals surface area (Å²) in [7, 11) is 0. The molecule has 0 radical (unpaired) electrons. The number of nitrogens with one attached hydrogen (secondary N) is 1. The minimum atomic E-state index is 0.616. The Bertz CT molecular complexity index is 535. The van der Waals surface area contributed by atoms with Crippen molar-refractivity contribution in [3.05, 3.63) is 42.1 Å². The average molecular weight is 256 g/mol. The van der Waals surface area contributed by atoms with Crippen molar-refractivity contribution < 1.29 is 4.74 Å². The molecular weight excluding hydrogens is 236 g/mol. The van der Waals surface area contributed by atoms with Gasteiger partial charge in [-0.3, -0.25) is 4.98 Å². The van der Waals surface area contributed by atoms with Gasteiger partial charge in [-0.25, -0.2) is 0 Å². The van der Waals surface area contributed by atoms with Crippen molar-refractivity contribution in [1.82, 2.24) is 10.3 Å². The van der Waals surface area contributed by atoms with Gasteiger partial charge < -0.3 is 10.1 Å². The molecule has 0 aliphatic carbocycles. The molecule has 1 aliphatic rings. The predicted octanol–water partition coefficient (Wildman–Crippen LogP) is 2.75. The molecule has 1 aromatic heterocycles. The van der Waals surface area contributed by atoms with Gasteiger partial charge in [-0.1, -0.05) is 24.3 Å². The van der Waals surface area contributed by atoms with E-state index < -0.39 is 0 Å². The van der Waals surface area contributed by atoms with Gasteiger partial charge in [-0.2, -0.15) is 0 Å². The van der Waals surface area contributed by atoms with Crippen molar-refractivity contribution >= 4 is 10.9 Å². The Morgan fingerprint density at radius 3 is 3.05 bits per heavy atom. The van der Waals surface area contributed by atoms with Gasteiger partial charge >= 0.3 is 0 Å². The Morgan fingerprint density at radius 1 is 1.21 bits per heavy atom. The van der Waals surface area contributed by atoms with E-state index in [-0.39, 0.29) is 0 Å². The minimum Gasteiger partial charge on any atom is -0.375 e. The molecule has 1 aliphatic heterocycles. The van der Waals surface area contributed by atoms with E-state index in [1.165, 1.54) is 11.8 Å². The fourth-order valence-electron chi connectivity index (χ4n) is 2.58. The molecule has 0 spiro atoms. The Labute approximate surface area is 114 Å². The number of pyridine rings is 1. The van der Waals surface area contributed by atoms with Crippen LogP contribution in [0.1, 0.15) is 18.5 Å². The summed E-state index contributed by atoms with van der Waals surface area (Å²) >= 11 is 0. The van der Waals surface area contributed by atoms with Crippen LogP contribution in [0.15, 0.2) is 36.4 Å². The molecule has 1 N–H and O–H groups in total. The van der Waals surface area contributed by atoms with Gasteiger partial charge in [0.05, 0.1) is 17.8 Å². The number of fused-ring (bicyclic) bond motifs is 1. The molecule has 1 aromatic carbocycles. The fourth-order valence-corrected chi connectivity index (χ4v) is 2.58. The highest BCUT2D eigenvalue weighted by atomic mass is 16.5. The highest BCUT2D eigenvalue weighted by molar-refractivity contribution is 5.78. The van der Waals surface area contributed by atoms with Crippen molar-refractivity contribution in [2.45, 2.75) is 19.4 Å². The first-order valence-electron chi connectivity index (χ1n) is 7.05. The highest BCUT2D eigenvalue weighted by Gasteiger charge is 2.13. The van der Waals surface area contributed by atoms with Crippen molar-refractivity contribution in [3.63, 3.8) is 0 Å². The lowest BCUT2D eigenvalue weighted by atomic mass is 10.1. The summed E-state index contributed by atoms with van der Waals surface area (Å²) in [6.45, 7) is 3.76. The summed E-state index contributed by atoms with van der Waals surface area (Å²) in [6.07, 6.45) is 2.44. The molecule has 2 aromatic rings. The van der Waals surface area contributed by atoms with E-state index in [0.717, 1.165) is 43.2 Å². The maximum atomic E-state index is 5.74. The fraction of sp³-hybridized carbons (Fsp3) is 0.438. The Morgan fingerprint density at radius 2 is 2.16 bits per heavy atom. The molecule has 1 saturated heterocycles. The van der Waals surface area contributed by atoms with Crippen molar-refractivity contribution in [2.75, 3.05) is 19.7 Å². The van der Waals surface area contributed by atoms with Crippen molar-refractivity contribution in [1.29, 1.82) is 0 Å². The first kappa shape index (κ1) is 12.6. The van der Waals surface area contributed by atoms with E-state index in [2.05, 4.69) is 28.5 Å². The van der Waals surface area contributed by atoms with E-state index in [0.29, 0.717) is 6.61 Å². The Kier molecular flexibility index (Phi) is 4.06. The number of benzene rings is 1. The zero-order chi connectivity index (χ0) is 12.9. The number of rotatable bonds is 5. The molecule has 0 saturated carbocycles. The third-order valence-electron chi connectivity index (χ3n) is 3.74. The summed E-state index contributed by atoms with van der Waals surface area (Å²) < 4.78 is 5.74. The second-order valence-corrected chi connectivity index (χ2v) is 5.20. The number of para-hydroxylation sites is 1. The van der Waals surface area contributed by atoms with Crippen molar-refractivity contribution in [3.8, 4) is 0 Å². The molecule has 0 bridgehead atoms. The number of hydrogen-bond acceptors (Lipinski definition) is 3. The summed E-state index contributed by atoms with van der Waals surface area (Å²) in [6, 6.07) is 12.4. The Balaban J connectivity index is 1.50. The molecule has 3 nitrogen and oxygen atoms in total. The second kappa shape index (κ2) is 6.13. The number of ether oxygens (including phenoxy) is 1. The van der Waals surface area contributed by atoms with E-state index in [1.807, 2.05) is 18.2 Å². The van der Waals surface area contributed by atoms with Gasteiger partial charge in [-0.05, 0) is 44.0 Å². The highest BCUT2D eigenvalue weighted by Crippen LogP contribution is 2.14.